The van der Waals surface area contributed by atoms with Crippen LogP contribution in [-0.4, -0.2) is 34.6 Å². The van der Waals surface area contributed by atoms with Gasteiger partial charge >= 0.3 is 0 Å². The van der Waals surface area contributed by atoms with Crippen molar-refractivity contribution < 1.29 is 19.6 Å². The first kappa shape index (κ1) is 19.5. The van der Waals surface area contributed by atoms with Crippen LogP contribution in [0, 0.1) is 10.1 Å². The Hall–Kier alpha value is -4.27. The van der Waals surface area contributed by atoms with E-state index >= 15 is 0 Å². The van der Waals surface area contributed by atoms with E-state index in [9.17, 15) is 24.8 Å². The van der Waals surface area contributed by atoms with Gasteiger partial charge in [0.1, 0.15) is 5.75 Å². The number of hydrogen-bond acceptors (Lipinski definition) is 6. The molecule has 0 aliphatic carbocycles. The van der Waals surface area contributed by atoms with Crippen LogP contribution in [0.5, 0.6) is 5.75 Å². The van der Waals surface area contributed by atoms with Crippen LogP contribution in [-0.2, 0) is 4.79 Å². The normalized spacial score (nSPS) is 10.8. The predicted octanol–water partition coefficient (Wildman–Crippen LogP) is 2.33. The fourth-order valence-corrected chi connectivity index (χ4v) is 2.65. The number of fused-ring (bicyclic) bond motifs is 1. The number of benzene rings is 3. The fraction of sp³-hybridized carbons (Fsp3) is 0.0500. The van der Waals surface area contributed by atoms with Crippen molar-refractivity contribution in [3.8, 4) is 5.75 Å². The number of carbonyl (C=O) groups is 2. The standard InChI is InChI=1S/C20H16N4O5/c25-18-9-8-15(24(28)29)10-14(18)11-22-23-19(26)12-21-20(27)17-7-3-5-13-4-1-2-6-16(13)17/h1-11,25H,12H2,(H,21,27)(H,23,26)/b22-11+. The lowest BCUT2D eigenvalue weighted by Crippen LogP contribution is -2.35. The second kappa shape index (κ2) is 8.61. The molecule has 0 spiro atoms. The van der Waals surface area contributed by atoms with E-state index in [4.69, 9.17) is 0 Å². The molecule has 3 rings (SSSR count). The Kier molecular flexibility index (Phi) is 5.79. The first-order valence-electron chi connectivity index (χ1n) is 8.51. The van der Waals surface area contributed by atoms with Crippen molar-refractivity contribution in [3.63, 3.8) is 0 Å². The molecule has 29 heavy (non-hydrogen) atoms. The molecule has 0 atom stereocenters. The van der Waals surface area contributed by atoms with Crippen LogP contribution in [0.3, 0.4) is 0 Å². The van der Waals surface area contributed by atoms with E-state index in [1.165, 1.54) is 0 Å². The third kappa shape index (κ3) is 4.72. The van der Waals surface area contributed by atoms with Gasteiger partial charge in [0.15, 0.2) is 0 Å². The maximum atomic E-state index is 12.4. The maximum Gasteiger partial charge on any atom is 0.270 e. The predicted molar refractivity (Wildman–Crippen MR) is 107 cm³/mol. The molecule has 146 valence electrons. The van der Waals surface area contributed by atoms with Gasteiger partial charge in [0.25, 0.3) is 17.5 Å². The number of nitrogens with zero attached hydrogens (tertiary/aromatic N) is 2. The summed E-state index contributed by atoms with van der Waals surface area (Å²) in [7, 11) is 0. The molecule has 3 N–H and O–H groups in total. The van der Waals surface area contributed by atoms with Crippen LogP contribution in [0.1, 0.15) is 15.9 Å². The van der Waals surface area contributed by atoms with Crippen LogP contribution in [0.4, 0.5) is 5.69 Å². The molecular weight excluding hydrogens is 376 g/mol. The number of phenols is 1. The minimum atomic E-state index is -0.613. The molecule has 0 heterocycles. The van der Waals surface area contributed by atoms with E-state index in [0.717, 1.165) is 35.2 Å². The van der Waals surface area contributed by atoms with E-state index in [-0.39, 0.29) is 23.5 Å². The Morgan fingerprint density at radius 1 is 1.10 bits per heavy atom. The Balaban J connectivity index is 1.59. The summed E-state index contributed by atoms with van der Waals surface area (Å²) < 4.78 is 0. The summed E-state index contributed by atoms with van der Waals surface area (Å²) in [4.78, 5) is 34.4. The zero-order valence-corrected chi connectivity index (χ0v) is 15.0. The lowest BCUT2D eigenvalue weighted by atomic mass is 10.0. The van der Waals surface area contributed by atoms with Gasteiger partial charge < -0.3 is 10.4 Å². The Morgan fingerprint density at radius 3 is 2.66 bits per heavy atom. The second-order valence-electron chi connectivity index (χ2n) is 6.00. The summed E-state index contributed by atoms with van der Waals surface area (Å²) in [5.41, 5.74) is 2.48. The molecule has 2 amide bonds. The number of rotatable bonds is 6. The van der Waals surface area contributed by atoms with Gasteiger partial charge in [0, 0.05) is 23.3 Å². The van der Waals surface area contributed by atoms with Gasteiger partial charge in [-0.05, 0) is 22.9 Å². The first-order valence-corrected chi connectivity index (χ1v) is 8.51. The van der Waals surface area contributed by atoms with Crippen LogP contribution in [0.2, 0.25) is 0 Å². The lowest BCUT2D eigenvalue weighted by Gasteiger charge is -2.07. The molecule has 3 aromatic carbocycles. The van der Waals surface area contributed by atoms with Crippen molar-refractivity contribution in [2.24, 2.45) is 5.10 Å². The van der Waals surface area contributed by atoms with E-state index in [1.54, 1.807) is 12.1 Å². The molecule has 0 aromatic heterocycles. The molecule has 0 aliphatic heterocycles. The van der Waals surface area contributed by atoms with Crippen LogP contribution in [0.15, 0.2) is 65.8 Å². The quantitative estimate of drug-likeness (QED) is 0.336. The SMILES string of the molecule is O=C(CNC(=O)c1cccc2ccccc12)N/N=C/c1cc([N+](=O)[O-])ccc1O. The summed E-state index contributed by atoms with van der Waals surface area (Å²) >= 11 is 0. The van der Waals surface area contributed by atoms with Crippen LogP contribution >= 0.6 is 0 Å². The summed E-state index contributed by atoms with van der Waals surface area (Å²) in [6, 6.07) is 16.1. The average molecular weight is 392 g/mol. The molecule has 0 aliphatic rings. The smallest absolute Gasteiger partial charge is 0.270 e. The highest BCUT2D eigenvalue weighted by Crippen LogP contribution is 2.21. The van der Waals surface area contributed by atoms with E-state index in [0.29, 0.717) is 5.56 Å². The topological polar surface area (TPSA) is 134 Å². The number of non-ortho nitro benzene ring substituents is 1. The summed E-state index contributed by atoms with van der Waals surface area (Å²) in [5, 5.41) is 28.3. The van der Waals surface area contributed by atoms with Crippen molar-refractivity contribution in [1.82, 2.24) is 10.7 Å². The van der Waals surface area contributed by atoms with Gasteiger partial charge in [-0.1, -0.05) is 36.4 Å². The van der Waals surface area contributed by atoms with Gasteiger partial charge in [0.2, 0.25) is 0 Å². The molecule has 0 saturated carbocycles. The number of aromatic hydroxyl groups is 1. The molecule has 0 unspecified atom stereocenters. The second-order valence-corrected chi connectivity index (χ2v) is 6.00. The van der Waals surface area contributed by atoms with Crippen molar-refractivity contribution in [1.29, 1.82) is 0 Å². The van der Waals surface area contributed by atoms with Gasteiger partial charge in [-0.3, -0.25) is 19.7 Å². The Morgan fingerprint density at radius 2 is 1.86 bits per heavy atom. The molecule has 9 heteroatoms. The highest BCUT2D eigenvalue weighted by atomic mass is 16.6. The van der Waals surface area contributed by atoms with Crippen LogP contribution < -0.4 is 10.7 Å². The summed E-state index contributed by atoms with van der Waals surface area (Å²) in [6.07, 6.45) is 1.08. The number of hydrazone groups is 1. The molecule has 9 nitrogen and oxygen atoms in total. The van der Waals surface area contributed by atoms with E-state index in [2.05, 4.69) is 15.8 Å². The van der Waals surface area contributed by atoms with Crippen molar-refractivity contribution in [2.45, 2.75) is 0 Å². The molecule has 0 saturated heterocycles. The number of amides is 2. The van der Waals surface area contributed by atoms with E-state index in [1.807, 2.05) is 30.3 Å². The first-order chi connectivity index (χ1) is 14.0. The largest absolute Gasteiger partial charge is 0.507 e. The molecule has 0 radical (unpaired) electrons. The molecule has 0 bridgehead atoms. The lowest BCUT2D eigenvalue weighted by molar-refractivity contribution is -0.384. The number of carbonyl (C=O) groups excluding carboxylic acids is 2. The maximum absolute atomic E-state index is 12.4. The number of nitrogens with one attached hydrogen (secondary N) is 2. The zero-order valence-electron chi connectivity index (χ0n) is 15.0. The summed E-state index contributed by atoms with van der Waals surface area (Å²) in [5.74, 6) is -1.23. The number of phenolic OH excluding ortho intramolecular Hbond substituents is 1. The molecule has 0 fully saturated rings. The Bertz CT molecular complexity index is 1120. The summed E-state index contributed by atoms with van der Waals surface area (Å²) in [6.45, 7) is -0.319. The highest BCUT2D eigenvalue weighted by molar-refractivity contribution is 6.07. The van der Waals surface area contributed by atoms with E-state index < -0.39 is 16.7 Å². The number of hydrogen-bond donors (Lipinski definition) is 3. The van der Waals surface area contributed by atoms with Crippen molar-refractivity contribution in [2.75, 3.05) is 6.54 Å². The minimum Gasteiger partial charge on any atom is -0.507 e. The monoisotopic (exact) mass is 392 g/mol. The zero-order chi connectivity index (χ0) is 20.8. The number of nitro groups is 1. The number of nitro benzene ring substituents is 1. The van der Waals surface area contributed by atoms with Gasteiger partial charge in [0.05, 0.1) is 17.7 Å². The van der Waals surface area contributed by atoms with Crippen LogP contribution in [0.25, 0.3) is 10.8 Å². The molecule has 3 aromatic rings. The fourth-order valence-electron chi connectivity index (χ4n) is 2.65. The third-order valence-electron chi connectivity index (χ3n) is 4.06. The highest BCUT2D eigenvalue weighted by Gasteiger charge is 2.11. The minimum absolute atomic E-state index is 0.0688. The average Bonchev–Trinajstić information content (AvgIpc) is 2.72. The van der Waals surface area contributed by atoms with Crippen molar-refractivity contribution >= 4 is 34.5 Å². The van der Waals surface area contributed by atoms with Gasteiger partial charge in [-0.25, -0.2) is 5.43 Å². The third-order valence-corrected chi connectivity index (χ3v) is 4.06. The van der Waals surface area contributed by atoms with Crippen molar-refractivity contribution in [3.05, 3.63) is 81.9 Å². The molecular formula is C20H16N4O5. The van der Waals surface area contributed by atoms with Gasteiger partial charge in [-0.2, -0.15) is 5.10 Å². The van der Waals surface area contributed by atoms with Gasteiger partial charge in [-0.15, -0.1) is 0 Å². The Labute approximate surface area is 164 Å².